The quantitative estimate of drug-likeness (QED) is 0.820. The summed E-state index contributed by atoms with van der Waals surface area (Å²) in [4.78, 5) is 21.7. The van der Waals surface area contributed by atoms with Gasteiger partial charge in [-0.1, -0.05) is 31.0 Å². The topological polar surface area (TPSA) is 68.7 Å². The van der Waals surface area contributed by atoms with Crippen molar-refractivity contribution in [3.8, 4) is 0 Å². The average molecular weight is 407 g/mol. The Balaban J connectivity index is 1.38. The summed E-state index contributed by atoms with van der Waals surface area (Å²) in [7, 11) is 0. The maximum absolute atomic E-state index is 12.9. The van der Waals surface area contributed by atoms with Crippen molar-refractivity contribution in [1.82, 2.24) is 15.2 Å². The van der Waals surface area contributed by atoms with Crippen LogP contribution in [0.3, 0.4) is 0 Å². The highest BCUT2D eigenvalue weighted by molar-refractivity contribution is 5.93. The fraction of sp³-hybridized carbons (Fsp3) is 0.500. The molecule has 1 amide bonds. The maximum atomic E-state index is 12.9. The zero-order valence-corrected chi connectivity index (χ0v) is 17.3. The number of aliphatic hydroxyl groups is 1. The molecule has 1 aromatic carbocycles. The zero-order chi connectivity index (χ0) is 20.6. The molecule has 30 heavy (non-hydrogen) atoms. The Morgan fingerprint density at radius 2 is 1.73 bits per heavy atom. The Labute approximate surface area is 177 Å². The summed E-state index contributed by atoms with van der Waals surface area (Å²) < 4.78 is 0. The molecule has 1 aliphatic carbocycles. The largest absolute Gasteiger partial charge is 0.384 e. The predicted molar refractivity (Wildman–Crippen MR) is 116 cm³/mol. The minimum absolute atomic E-state index is 0.0839. The minimum Gasteiger partial charge on any atom is -0.384 e. The van der Waals surface area contributed by atoms with Gasteiger partial charge in [-0.05, 0) is 55.5 Å². The van der Waals surface area contributed by atoms with E-state index in [1.165, 1.54) is 0 Å². The lowest BCUT2D eigenvalue weighted by atomic mass is 9.74. The number of nitrogens with zero attached hydrogens (tertiary/aromatic N) is 3. The summed E-state index contributed by atoms with van der Waals surface area (Å²) in [5.41, 5.74) is 0.728. The molecular weight excluding hydrogens is 376 g/mol. The second-order valence-electron chi connectivity index (χ2n) is 8.92. The van der Waals surface area contributed by atoms with E-state index in [1.54, 1.807) is 12.4 Å². The third kappa shape index (κ3) is 3.10. The monoisotopic (exact) mass is 406 g/mol. The number of likely N-dealkylation sites (tertiary alicyclic amines) is 1. The molecule has 1 spiro atoms. The molecule has 6 heteroatoms. The first-order valence-electron chi connectivity index (χ1n) is 11.1. The molecule has 1 saturated carbocycles. The number of carbonyl (C=O) groups is 1. The molecule has 3 fully saturated rings. The summed E-state index contributed by atoms with van der Waals surface area (Å²) in [6, 6.07) is 14.2. The van der Waals surface area contributed by atoms with E-state index in [4.69, 9.17) is 0 Å². The number of piperidine rings is 1. The van der Waals surface area contributed by atoms with Gasteiger partial charge in [0.2, 0.25) is 5.91 Å². The van der Waals surface area contributed by atoms with Crippen molar-refractivity contribution in [3.05, 3.63) is 60.4 Å². The molecular formula is C24H30N4O2. The third-order valence-corrected chi connectivity index (χ3v) is 7.49. The standard InChI is InChI=1S/C24H30N4O2/c29-22-23(28(18-26-22)20-6-2-1-3-7-20)12-16-27(17-13-23)21-8-4-5-11-24(21,30)19-9-14-25-15-10-19/h1-3,6-7,9-10,14-15,21,30H,4-5,8,11-13,16-18H2,(H,26,29). The second-order valence-corrected chi connectivity index (χ2v) is 8.92. The molecule has 3 aliphatic rings. The normalized spacial score (nSPS) is 29.2. The number of amides is 1. The Bertz CT molecular complexity index is 883. The van der Waals surface area contributed by atoms with E-state index in [2.05, 4.69) is 32.2 Å². The van der Waals surface area contributed by atoms with Gasteiger partial charge in [0.25, 0.3) is 0 Å². The Hall–Kier alpha value is -2.44. The van der Waals surface area contributed by atoms with Crippen molar-refractivity contribution in [2.45, 2.75) is 55.7 Å². The van der Waals surface area contributed by atoms with Gasteiger partial charge in [-0.15, -0.1) is 0 Å². The van der Waals surface area contributed by atoms with E-state index >= 15 is 0 Å². The molecule has 2 aromatic rings. The van der Waals surface area contributed by atoms with Crippen LogP contribution in [0.4, 0.5) is 5.69 Å². The zero-order valence-electron chi connectivity index (χ0n) is 17.3. The Morgan fingerprint density at radius 1 is 1.00 bits per heavy atom. The van der Waals surface area contributed by atoms with Crippen molar-refractivity contribution in [3.63, 3.8) is 0 Å². The lowest BCUT2D eigenvalue weighted by molar-refractivity contribution is -0.127. The van der Waals surface area contributed by atoms with Crippen LogP contribution in [-0.4, -0.2) is 52.2 Å². The molecule has 2 N–H and O–H groups in total. The number of aromatic nitrogens is 1. The summed E-state index contributed by atoms with van der Waals surface area (Å²) in [6.07, 6.45) is 9.02. The van der Waals surface area contributed by atoms with Crippen molar-refractivity contribution in [2.24, 2.45) is 0 Å². The molecule has 6 nitrogen and oxygen atoms in total. The first-order chi connectivity index (χ1) is 14.6. The number of benzene rings is 1. The van der Waals surface area contributed by atoms with Crippen LogP contribution in [-0.2, 0) is 10.4 Å². The minimum atomic E-state index is -0.844. The number of anilines is 1. The molecule has 158 valence electrons. The number of hydrogen-bond donors (Lipinski definition) is 2. The van der Waals surface area contributed by atoms with Crippen LogP contribution in [0.1, 0.15) is 44.1 Å². The third-order valence-electron chi connectivity index (χ3n) is 7.49. The van der Waals surface area contributed by atoms with Crippen LogP contribution < -0.4 is 10.2 Å². The highest BCUT2D eigenvalue weighted by Crippen LogP contribution is 2.43. The number of carbonyl (C=O) groups excluding carboxylic acids is 1. The fourth-order valence-corrected chi connectivity index (χ4v) is 5.84. The van der Waals surface area contributed by atoms with Gasteiger partial charge >= 0.3 is 0 Å². The van der Waals surface area contributed by atoms with Crippen LogP contribution in [0.2, 0.25) is 0 Å². The average Bonchev–Trinajstić information content (AvgIpc) is 3.11. The SMILES string of the molecule is O=C1NCN(c2ccccc2)C12CCN(C1CCCCC1(O)c1ccncc1)CC2. The van der Waals surface area contributed by atoms with Crippen LogP contribution in [0.15, 0.2) is 54.9 Å². The van der Waals surface area contributed by atoms with Crippen molar-refractivity contribution >= 4 is 11.6 Å². The number of rotatable bonds is 3. The first kappa shape index (κ1) is 19.5. The van der Waals surface area contributed by atoms with E-state index in [1.807, 2.05) is 30.3 Å². The van der Waals surface area contributed by atoms with Crippen molar-refractivity contribution in [2.75, 3.05) is 24.7 Å². The molecule has 2 unspecified atom stereocenters. The summed E-state index contributed by atoms with van der Waals surface area (Å²) >= 11 is 0. The van der Waals surface area contributed by atoms with E-state index in [0.29, 0.717) is 6.67 Å². The highest BCUT2D eigenvalue weighted by atomic mass is 16.3. The molecule has 3 heterocycles. The van der Waals surface area contributed by atoms with E-state index in [9.17, 15) is 9.90 Å². The fourth-order valence-electron chi connectivity index (χ4n) is 5.84. The van der Waals surface area contributed by atoms with E-state index in [0.717, 1.165) is 62.9 Å². The van der Waals surface area contributed by atoms with Gasteiger partial charge in [0.05, 0.1) is 6.67 Å². The molecule has 2 saturated heterocycles. The van der Waals surface area contributed by atoms with Crippen molar-refractivity contribution < 1.29 is 9.90 Å². The maximum Gasteiger partial charge on any atom is 0.247 e. The lowest BCUT2D eigenvalue weighted by Gasteiger charge is -2.51. The summed E-state index contributed by atoms with van der Waals surface area (Å²) in [5, 5.41) is 14.8. The number of para-hydroxylation sites is 1. The van der Waals surface area contributed by atoms with Crippen LogP contribution in [0.5, 0.6) is 0 Å². The Morgan fingerprint density at radius 3 is 2.47 bits per heavy atom. The molecule has 0 radical (unpaired) electrons. The van der Waals surface area contributed by atoms with Gasteiger partial charge in [-0.2, -0.15) is 0 Å². The lowest BCUT2D eigenvalue weighted by Crippen LogP contribution is -2.61. The molecule has 1 aromatic heterocycles. The first-order valence-corrected chi connectivity index (χ1v) is 11.1. The molecule has 0 bridgehead atoms. The van der Waals surface area contributed by atoms with Crippen molar-refractivity contribution in [1.29, 1.82) is 0 Å². The van der Waals surface area contributed by atoms with Crippen LogP contribution in [0, 0.1) is 0 Å². The van der Waals surface area contributed by atoms with Gasteiger partial charge in [0, 0.05) is 37.2 Å². The Kier molecular flexibility index (Phi) is 4.99. The second kappa shape index (κ2) is 7.67. The van der Waals surface area contributed by atoms with Gasteiger partial charge < -0.3 is 15.3 Å². The summed E-state index contributed by atoms with van der Waals surface area (Å²) in [5.74, 6) is 0.138. The van der Waals surface area contributed by atoms with Crippen LogP contribution >= 0.6 is 0 Å². The smallest absolute Gasteiger partial charge is 0.247 e. The van der Waals surface area contributed by atoms with E-state index < -0.39 is 11.1 Å². The summed E-state index contributed by atoms with van der Waals surface area (Å²) in [6.45, 7) is 2.19. The number of hydrogen-bond acceptors (Lipinski definition) is 5. The van der Waals surface area contributed by atoms with Gasteiger partial charge in [0.15, 0.2) is 0 Å². The van der Waals surface area contributed by atoms with Gasteiger partial charge in [-0.3, -0.25) is 14.7 Å². The van der Waals surface area contributed by atoms with Crippen LogP contribution in [0.25, 0.3) is 0 Å². The molecule has 5 rings (SSSR count). The van der Waals surface area contributed by atoms with Gasteiger partial charge in [0.1, 0.15) is 11.1 Å². The predicted octanol–water partition coefficient (Wildman–Crippen LogP) is 2.64. The number of pyridine rings is 1. The van der Waals surface area contributed by atoms with E-state index in [-0.39, 0.29) is 11.9 Å². The van der Waals surface area contributed by atoms with Gasteiger partial charge in [-0.25, -0.2) is 0 Å². The highest BCUT2D eigenvalue weighted by Gasteiger charge is 2.53. The molecule has 2 atom stereocenters. The molecule has 2 aliphatic heterocycles. The number of nitrogens with one attached hydrogen (secondary N) is 1.